The normalized spacial score (nSPS) is 11.4. The number of methoxy groups -OCH3 is 1. The molecule has 3 aromatic rings. The molecule has 0 unspecified atom stereocenters. The summed E-state index contributed by atoms with van der Waals surface area (Å²) in [5.41, 5.74) is 2.03. The van der Waals surface area contributed by atoms with Gasteiger partial charge in [-0.25, -0.2) is 8.42 Å². The van der Waals surface area contributed by atoms with E-state index in [1.54, 1.807) is 55.7 Å². The Bertz CT molecular complexity index is 1140. The van der Waals surface area contributed by atoms with Crippen LogP contribution in [0.15, 0.2) is 82.9 Å². The van der Waals surface area contributed by atoms with Crippen LogP contribution in [0.25, 0.3) is 6.08 Å². The van der Waals surface area contributed by atoms with Crippen LogP contribution >= 0.6 is 0 Å². The van der Waals surface area contributed by atoms with E-state index in [4.69, 9.17) is 4.74 Å². The molecule has 0 aliphatic heterocycles. The summed E-state index contributed by atoms with van der Waals surface area (Å²) in [5, 5.41) is 2.70. The molecular weight excluding hydrogens is 388 g/mol. The zero-order chi connectivity index (χ0) is 20.9. The zero-order valence-electron chi connectivity index (χ0n) is 16.0. The molecule has 7 heteroatoms. The van der Waals surface area contributed by atoms with E-state index in [0.29, 0.717) is 11.4 Å². The number of aryl methyl sites for hydroxylation is 1. The molecule has 1 amide bonds. The summed E-state index contributed by atoms with van der Waals surface area (Å²) in [6, 6.07) is 14.4. The van der Waals surface area contributed by atoms with Crippen molar-refractivity contribution in [2.24, 2.45) is 0 Å². The molecule has 3 rings (SSSR count). The van der Waals surface area contributed by atoms with Crippen LogP contribution in [0.4, 0.5) is 5.69 Å². The smallest absolute Gasteiger partial charge is 0.248 e. The first-order valence-electron chi connectivity index (χ1n) is 8.79. The van der Waals surface area contributed by atoms with Crippen molar-refractivity contribution in [2.45, 2.75) is 16.7 Å². The van der Waals surface area contributed by atoms with Crippen molar-refractivity contribution in [1.29, 1.82) is 0 Å². The number of benzene rings is 2. The van der Waals surface area contributed by atoms with E-state index < -0.39 is 9.84 Å². The fraction of sp³-hybridized carbons (Fsp3) is 0.0909. The van der Waals surface area contributed by atoms with E-state index in [0.717, 1.165) is 11.1 Å². The van der Waals surface area contributed by atoms with Crippen LogP contribution in [0.2, 0.25) is 0 Å². The molecule has 148 valence electrons. The van der Waals surface area contributed by atoms with Gasteiger partial charge in [0.15, 0.2) is 0 Å². The second-order valence-electron chi connectivity index (χ2n) is 6.27. The monoisotopic (exact) mass is 408 g/mol. The van der Waals surface area contributed by atoms with E-state index in [-0.39, 0.29) is 15.7 Å². The topological polar surface area (TPSA) is 85.4 Å². The number of rotatable bonds is 6. The summed E-state index contributed by atoms with van der Waals surface area (Å²) in [6.07, 6.45) is 6.33. The molecule has 0 aliphatic rings. The molecule has 0 aliphatic carbocycles. The number of nitrogens with one attached hydrogen (secondary N) is 1. The van der Waals surface area contributed by atoms with Crippen LogP contribution in [-0.2, 0) is 14.6 Å². The van der Waals surface area contributed by atoms with E-state index in [2.05, 4.69) is 10.3 Å². The minimum atomic E-state index is -3.67. The van der Waals surface area contributed by atoms with E-state index >= 15 is 0 Å². The van der Waals surface area contributed by atoms with Crippen LogP contribution in [0.1, 0.15) is 11.1 Å². The maximum atomic E-state index is 12.8. The Morgan fingerprint density at radius 1 is 1.07 bits per heavy atom. The van der Waals surface area contributed by atoms with Crippen molar-refractivity contribution in [3.63, 3.8) is 0 Å². The highest BCUT2D eigenvalue weighted by Gasteiger charge is 2.18. The van der Waals surface area contributed by atoms with Crippen molar-refractivity contribution >= 4 is 27.5 Å². The molecule has 1 heterocycles. The van der Waals surface area contributed by atoms with Gasteiger partial charge in [0.05, 0.1) is 16.9 Å². The van der Waals surface area contributed by atoms with Crippen LogP contribution in [-0.4, -0.2) is 26.4 Å². The SMILES string of the molecule is COc1ccc(S(=O)(=O)c2ccc(NC(=O)C=Cc3cccnc3)cc2)cc1C. The number of sulfone groups is 1. The Hall–Kier alpha value is -3.45. The Labute approximate surface area is 169 Å². The number of nitrogens with zero attached hydrogens (tertiary/aromatic N) is 1. The number of carbonyl (C=O) groups excluding carboxylic acids is 1. The number of anilines is 1. The molecule has 0 atom stereocenters. The molecule has 1 N–H and O–H groups in total. The minimum absolute atomic E-state index is 0.144. The molecule has 0 spiro atoms. The summed E-state index contributed by atoms with van der Waals surface area (Å²) >= 11 is 0. The van der Waals surface area contributed by atoms with Gasteiger partial charge in [0.2, 0.25) is 15.7 Å². The molecule has 6 nitrogen and oxygen atoms in total. The number of aromatic nitrogens is 1. The van der Waals surface area contributed by atoms with Crippen LogP contribution in [0, 0.1) is 6.92 Å². The lowest BCUT2D eigenvalue weighted by atomic mass is 10.2. The summed E-state index contributed by atoms with van der Waals surface area (Å²) < 4.78 is 30.8. The molecule has 0 saturated heterocycles. The van der Waals surface area contributed by atoms with Gasteiger partial charge in [-0.15, -0.1) is 0 Å². The third-order valence-corrected chi connectivity index (χ3v) is 5.99. The standard InChI is InChI=1S/C22H20N2O4S/c1-16-14-20(10-11-21(16)28-2)29(26,27)19-8-6-18(7-9-19)24-22(25)12-5-17-4-3-13-23-15-17/h3-15H,1-2H3,(H,24,25). The van der Waals surface area contributed by atoms with Crippen molar-refractivity contribution in [3.8, 4) is 5.75 Å². The maximum Gasteiger partial charge on any atom is 0.248 e. The minimum Gasteiger partial charge on any atom is -0.496 e. The molecule has 0 fully saturated rings. The molecular formula is C22H20N2O4S. The Balaban J connectivity index is 1.73. The third-order valence-electron chi connectivity index (χ3n) is 4.22. The lowest BCUT2D eigenvalue weighted by Crippen LogP contribution is -2.08. The predicted octanol–water partition coefficient (Wildman–Crippen LogP) is 3.88. The van der Waals surface area contributed by atoms with E-state index in [9.17, 15) is 13.2 Å². The fourth-order valence-electron chi connectivity index (χ4n) is 2.70. The van der Waals surface area contributed by atoms with Crippen LogP contribution < -0.4 is 10.1 Å². The molecule has 0 bridgehead atoms. The van der Waals surface area contributed by atoms with Crippen molar-refractivity contribution < 1.29 is 17.9 Å². The number of hydrogen-bond acceptors (Lipinski definition) is 5. The van der Waals surface area contributed by atoms with Gasteiger partial charge in [-0.05, 0) is 72.7 Å². The maximum absolute atomic E-state index is 12.8. The molecule has 2 aromatic carbocycles. The average Bonchev–Trinajstić information content (AvgIpc) is 2.73. The first-order valence-corrected chi connectivity index (χ1v) is 10.3. The molecule has 0 radical (unpaired) electrons. The highest BCUT2D eigenvalue weighted by atomic mass is 32.2. The third kappa shape index (κ3) is 4.89. The molecule has 29 heavy (non-hydrogen) atoms. The first kappa shape index (κ1) is 20.3. The Morgan fingerprint density at radius 3 is 2.41 bits per heavy atom. The van der Waals surface area contributed by atoms with Crippen molar-refractivity contribution in [1.82, 2.24) is 4.98 Å². The van der Waals surface area contributed by atoms with Gasteiger partial charge in [0.1, 0.15) is 5.75 Å². The van der Waals surface area contributed by atoms with Crippen molar-refractivity contribution in [3.05, 3.63) is 84.2 Å². The quantitative estimate of drug-likeness (QED) is 0.626. The average molecular weight is 408 g/mol. The Morgan fingerprint density at radius 2 is 1.79 bits per heavy atom. The lowest BCUT2D eigenvalue weighted by molar-refractivity contribution is -0.111. The summed E-state index contributed by atoms with van der Waals surface area (Å²) in [6.45, 7) is 1.79. The van der Waals surface area contributed by atoms with Crippen LogP contribution in [0.3, 0.4) is 0 Å². The van der Waals surface area contributed by atoms with Gasteiger partial charge in [-0.2, -0.15) is 0 Å². The van der Waals surface area contributed by atoms with Crippen molar-refractivity contribution in [2.75, 3.05) is 12.4 Å². The fourth-order valence-corrected chi connectivity index (χ4v) is 4.05. The van der Waals surface area contributed by atoms with Gasteiger partial charge >= 0.3 is 0 Å². The highest BCUT2D eigenvalue weighted by Crippen LogP contribution is 2.26. The molecule has 1 aromatic heterocycles. The second kappa shape index (κ2) is 8.70. The zero-order valence-corrected chi connectivity index (χ0v) is 16.8. The largest absolute Gasteiger partial charge is 0.496 e. The molecule has 0 saturated carbocycles. The van der Waals surface area contributed by atoms with E-state index in [1.807, 2.05) is 6.07 Å². The van der Waals surface area contributed by atoms with E-state index in [1.165, 1.54) is 31.4 Å². The number of carbonyl (C=O) groups is 1. The summed E-state index contributed by atoms with van der Waals surface area (Å²) in [5.74, 6) is 0.302. The lowest BCUT2D eigenvalue weighted by Gasteiger charge is -2.09. The first-order chi connectivity index (χ1) is 13.9. The Kier molecular flexibility index (Phi) is 6.09. The summed E-state index contributed by atoms with van der Waals surface area (Å²) in [7, 11) is -2.13. The number of hydrogen-bond donors (Lipinski definition) is 1. The number of pyridine rings is 1. The van der Waals surface area contributed by atoms with Gasteiger partial charge in [0.25, 0.3) is 0 Å². The van der Waals surface area contributed by atoms with Gasteiger partial charge in [-0.3, -0.25) is 9.78 Å². The van der Waals surface area contributed by atoms with Gasteiger partial charge in [0, 0.05) is 24.2 Å². The number of ether oxygens (including phenoxy) is 1. The van der Waals surface area contributed by atoms with Gasteiger partial charge in [-0.1, -0.05) is 6.07 Å². The summed E-state index contributed by atoms with van der Waals surface area (Å²) in [4.78, 5) is 16.3. The number of amides is 1. The van der Waals surface area contributed by atoms with Crippen LogP contribution in [0.5, 0.6) is 5.75 Å². The highest BCUT2D eigenvalue weighted by molar-refractivity contribution is 7.91. The predicted molar refractivity (Wildman–Crippen MR) is 112 cm³/mol. The second-order valence-corrected chi connectivity index (χ2v) is 8.22. The van der Waals surface area contributed by atoms with Gasteiger partial charge < -0.3 is 10.1 Å².